The van der Waals surface area contributed by atoms with Crippen LogP contribution < -0.4 is 15.4 Å². The van der Waals surface area contributed by atoms with Gasteiger partial charge in [0.15, 0.2) is 6.61 Å². The topological polar surface area (TPSA) is 120 Å². The van der Waals surface area contributed by atoms with Crippen molar-refractivity contribution >= 4 is 29.1 Å². The largest absolute Gasteiger partial charge is 0.484 e. The van der Waals surface area contributed by atoms with E-state index < -0.39 is 34.9 Å². The molecule has 0 unspecified atom stereocenters. The summed E-state index contributed by atoms with van der Waals surface area (Å²) >= 11 is 0. The molecule has 0 spiro atoms. The van der Waals surface area contributed by atoms with E-state index in [1.165, 1.54) is 30.3 Å². The standard InChI is InChI=1S/C19H20FN3O6/c1-19(2,3)29-18(25)22-15-8-7-12(20)9-16(15)21-17(24)11-28-14-6-4-5-13(10-14)23(26)27/h4-10H,11H2,1-3H3,(H,21,24)(H,22,25). The summed E-state index contributed by atoms with van der Waals surface area (Å²) in [7, 11) is 0. The lowest BCUT2D eigenvalue weighted by molar-refractivity contribution is -0.384. The van der Waals surface area contributed by atoms with Crippen molar-refractivity contribution in [3.8, 4) is 5.75 Å². The molecule has 2 N–H and O–H groups in total. The Bertz CT molecular complexity index is 926. The van der Waals surface area contributed by atoms with Crippen molar-refractivity contribution in [2.24, 2.45) is 0 Å². The maximum Gasteiger partial charge on any atom is 0.412 e. The molecule has 0 fully saturated rings. The third kappa shape index (κ3) is 7.09. The van der Waals surface area contributed by atoms with Gasteiger partial charge in [-0.3, -0.25) is 20.2 Å². The Balaban J connectivity index is 2.04. The number of non-ortho nitro benzene ring substituents is 1. The summed E-state index contributed by atoms with van der Waals surface area (Å²) in [6, 6.07) is 8.74. The maximum atomic E-state index is 13.6. The molecule has 0 aromatic heterocycles. The SMILES string of the molecule is CC(C)(C)OC(=O)Nc1ccc(F)cc1NC(=O)COc1cccc([N+](=O)[O-])c1. The van der Waals surface area contributed by atoms with Crippen LogP contribution >= 0.6 is 0 Å². The van der Waals surface area contributed by atoms with Gasteiger partial charge in [-0.05, 0) is 45.0 Å². The number of rotatable bonds is 6. The molecule has 0 aliphatic heterocycles. The smallest absolute Gasteiger partial charge is 0.412 e. The minimum atomic E-state index is -0.771. The summed E-state index contributed by atoms with van der Waals surface area (Å²) in [4.78, 5) is 34.3. The zero-order chi connectivity index (χ0) is 21.6. The van der Waals surface area contributed by atoms with Crippen LogP contribution in [0.25, 0.3) is 0 Å². The average molecular weight is 405 g/mol. The van der Waals surface area contributed by atoms with Gasteiger partial charge >= 0.3 is 6.09 Å². The molecule has 2 rings (SSSR count). The molecule has 154 valence electrons. The molecular weight excluding hydrogens is 385 g/mol. The Hall–Kier alpha value is -3.69. The van der Waals surface area contributed by atoms with Gasteiger partial charge in [0.25, 0.3) is 11.6 Å². The molecule has 0 radical (unpaired) electrons. The molecular formula is C19H20FN3O6. The number of amides is 2. The molecule has 9 nitrogen and oxygen atoms in total. The number of nitro groups is 1. The van der Waals surface area contributed by atoms with Crippen molar-refractivity contribution in [2.75, 3.05) is 17.2 Å². The maximum absolute atomic E-state index is 13.6. The van der Waals surface area contributed by atoms with Crippen LogP contribution in [0.4, 0.5) is 26.2 Å². The number of halogens is 1. The molecule has 0 saturated heterocycles. The zero-order valence-corrected chi connectivity index (χ0v) is 16.0. The quantitative estimate of drug-likeness (QED) is 0.551. The molecule has 10 heteroatoms. The van der Waals surface area contributed by atoms with E-state index in [0.29, 0.717) is 0 Å². The van der Waals surface area contributed by atoms with Gasteiger partial charge < -0.3 is 14.8 Å². The number of ether oxygens (including phenoxy) is 2. The van der Waals surface area contributed by atoms with Gasteiger partial charge in [-0.15, -0.1) is 0 Å². The summed E-state index contributed by atoms with van der Waals surface area (Å²) < 4.78 is 23.9. The molecule has 0 atom stereocenters. The van der Waals surface area contributed by atoms with Gasteiger partial charge in [0.2, 0.25) is 0 Å². The van der Waals surface area contributed by atoms with Crippen LogP contribution in [0.5, 0.6) is 5.75 Å². The second-order valence-electron chi connectivity index (χ2n) is 6.91. The van der Waals surface area contributed by atoms with Crippen LogP contribution in [0, 0.1) is 15.9 Å². The van der Waals surface area contributed by atoms with Crippen molar-refractivity contribution in [3.05, 3.63) is 58.4 Å². The first-order valence-electron chi connectivity index (χ1n) is 8.50. The van der Waals surface area contributed by atoms with Crippen molar-refractivity contribution in [1.82, 2.24) is 0 Å². The molecule has 2 aromatic carbocycles. The third-order valence-corrected chi connectivity index (χ3v) is 3.29. The Labute approximate surface area is 166 Å². The number of anilines is 2. The number of benzene rings is 2. The molecule has 2 aromatic rings. The van der Waals surface area contributed by atoms with Crippen LogP contribution in [0.3, 0.4) is 0 Å². The van der Waals surface area contributed by atoms with E-state index in [9.17, 15) is 24.1 Å². The van der Waals surface area contributed by atoms with Gasteiger partial charge in [-0.25, -0.2) is 9.18 Å². The van der Waals surface area contributed by atoms with E-state index in [0.717, 1.165) is 12.1 Å². The van der Waals surface area contributed by atoms with Crippen LogP contribution in [0.2, 0.25) is 0 Å². The number of nitro benzene ring substituents is 1. The minimum Gasteiger partial charge on any atom is -0.484 e. The van der Waals surface area contributed by atoms with Crippen LogP contribution in [-0.4, -0.2) is 29.1 Å². The van der Waals surface area contributed by atoms with Gasteiger partial charge in [-0.1, -0.05) is 6.07 Å². The predicted octanol–water partition coefficient (Wildman–Crippen LogP) is 4.10. The van der Waals surface area contributed by atoms with Gasteiger partial charge in [0.1, 0.15) is 17.2 Å². The summed E-state index contributed by atoms with van der Waals surface area (Å²) in [5.41, 5.74) is -0.788. The lowest BCUT2D eigenvalue weighted by Crippen LogP contribution is -2.28. The number of nitrogens with one attached hydrogen (secondary N) is 2. The van der Waals surface area contributed by atoms with E-state index >= 15 is 0 Å². The van der Waals surface area contributed by atoms with Crippen LogP contribution in [0.15, 0.2) is 42.5 Å². The number of hydrogen-bond donors (Lipinski definition) is 2. The monoisotopic (exact) mass is 405 g/mol. The molecule has 0 aliphatic carbocycles. The first kappa shape index (κ1) is 21.6. The number of carbonyl (C=O) groups excluding carboxylic acids is 2. The molecule has 0 bridgehead atoms. The van der Waals surface area contributed by atoms with Crippen molar-refractivity contribution in [3.63, 3.8) is 0 Å². The Morgan fingerprint density at radius 1 is 1.10 bits per heavy atom. The van der Waals surface area contributed by atoms with E-state index in [-0.39, 0.29) is 22.8 Å². The Kier molecular flexibility index (Phi) is 6.71. The van der Waals surface area contributed by atoms with E-state index in [2.05, 4.69) is 10.6 Å². The fourth-order valence-electron chi connectivity index (χ4n) is 2.16. The zero-order valence-electron chi connectivity index (χ0n) is 16.0. The van der Waals surface area contributed by atoms with Crippen LogP contribution in [0.1, 0.15) is 20.8 Å². The van der Waals surface area contributed by atoms with Crippen molar-refractivity contribution in [2.45, 2.75) is 26.4 Å². The molecule has 2 amide bonds. The molecule has 0 heterocycles. The first-order chi connectivity index (χ1) is 13.5. The van der Waals surface area contributed by atoms with Gasteiger partial charge in [-0.2, -0.15) is 0 Å². The highest BCUT2D eigenvalue weighted by Gasteiger charge is 2.18. The predicted molar refractivity (Wildman–Crippen MR) is 103 cm³/mol. The fraction of sp³-hybridized carbons (Fsp3) is 0.263. The second-order valence-corrected chi connectivity index (χ2v) is 6.91. The minimum absolute atomic E-state index is 0.00324. The molecule has 0 aliphatic rings. The summed E-state index contributed by atoms with van der Waals surface area (Å²) in [6.45, 7) is 4.57. The summed E-state index contributed by atoms with van der Waals surface area (Å²) in [6.07, 6.45) is -0.771. The number of hydrogen-bond acceptors (Lipinski definition) is 6. The highest BCUT2D eigenvalue weighted by atomic mass is 19.1. The van der Waals surface area contributed by atoms with Crippen LogP contribution in [-0.2, 0) is 9.53 Å². The Morgan fingerprint density at radius 3 is 2.48 bits per heavy atom. The second kappa shape index (κ2) is 9.00. The first-order valence-corrected chi connectivity index (χ1v) is 8.50. The Morgan fingerprint density at radius 2 is 1.83 bits per heavy atom. The van der Waals surface area contributed by atoms with E-state index in [1.54, 1.807) is 20.8 Å². The molecule has 29 heavy (non-hydrogen) atoms. The average Bonchev–Trinajstić information content (AvgIpc) is 2.61. The van der Waals surface area contributed by atoms with Gasteiger partial charge in [0.05, 0.1) is 22.4 Å². The highest BCUT2D eigenvalue weighted by molar-refractivity contribution is 5.98. The van der Waals surface area contributed by atoms with Crippen molar-refractivity contribution < 1.29 is 28.4 Å². The fourth-order valence-corrected chi connectivity index (χ4v) is 2.16. The number of nitrogens with zero attached hydrogens (tertiary/aromatic N) is 1. The lowest BCUT2D eigenvalue weighted by atomic mass is 10.2. The third-order valence-electron chi connectivity index (χ3n) is 3.29. The van der Waals surface area contributed by atoms with Crippen molar-refractivity contribution in [1.29, 1.82) is 0 Å². The summed E-state index contributed by atoms with van der Waals surface area (Å²) in [5, 5.41) is 15.6. The highest BCUT2D eigenvalue weighted by Crippen LogP contribution is 2.24. The van der Waals surface area contributed by atoms with E-state index in [1.807, 2.05) is 0 Å². The molecule has 0 saturated carbocycles. The number of carbonyl (C=O) groups is 2. The van der Waals surface area contributed by atoms with Gasteiger partial charge in [0, 0.05) is 6.07 Å². The van der Waals surface area contributed by atoms with E-state index in [4.69, 9.17) is 9.47 Å². The normalized spacial score (nSPS) is 10.8. The lowest BCUT2D eigenvalue weighted by Gasteiger charge is -2.20. The summed E-state index contributed by atoms with van der Waals surface area (Å²) in [5.74, 6) is -1.16.